The van der Waals surface area contributed by atoms with Crippen molar-refractivity contribution in [3.63, 3.8) is 0 Å². The molecule has 17 heavy (non-hydrogen) atoms. The van der Waals surface area contributed by atoms with Crippen molar-refractivity contribution in [3.05, 3.63) is 47.4 Å². The van der Waals surface area contributed by atoms with Crippen LogP contribution in [0.25, 0.3) is 0 Å². The van der Waals surface area contributed by atoms with Crippen molar-refractivity contribution in [2.75, 3.05) is 5.32 Å². The zero-order valence-electron chi connectivity index (χ0n) is 9.38. The lowest BCUT2D eigenvalue weighted by Crippen LogP contribution is -2.04. The minimum atomic E-state index is 0.315. The van der Waals surface area contributed by atoms with Crippen LogP contribution in [0.1, 0.15) is 16.8 Å². The van der Waals surface area contributed by atoms with Crippen LogP contribution in [0.4, 0.5) is 5.82 Å². The highest BCUT2D eigenvalue weighted by Gasteiger charge is 1.99. The Morgan fingerprint density at radius 2 is 2.18 bits per heavy atom. The molecule has 0 atom stereocenters. The third-order valence-electron chi connectivity index (χ3n) is 2.38. The van der Waals surface area contributed by atoms with Gasteiger partial charge in [0, 0.05) is 18.9 Å². The Bertz CT molecular complexity index is 542. The molecule has 5 heteroatoms. The third-order valence-corrected chi connectivity index (χ3v) is 2.38. The predicted molar refractivity (Wildman–Crippen MR) is 63.0 cm³/mol. The second-order valence-electron chi connectivity index (χ2n) is 3.57. The SMILES string of the molecule is Cc1cnccc1CNc1ccc(C#N)nn1. The average molecular weight is 225 g/mol. The van der Waals surface area contributed by atoms with Crippen LogP contribution in [0.3, 0.4) is 0 Å². The van der Waals surface area contributed by atoms with Crippen molar-refractivity contribution < 1.29 is 0 Å². The van der Waals surface area contributed by atoms with E-state index in [0.29, 0.717) is 18.1 Å². The molecule has 5 nitrogen and oxygen atoms in total. The van der Waals surface area contributed by atoms with Crippen LogP contribution in [0.5, 0.6) is 0 Å². The van der Waals surface area contributed by atoms with E-state index in [2.05, 4.69) is 20.5 Å². The number of pyridine rings is 1. The summed E-state index contributed by atoms with van der Waals surface area (Å²) in [4.78, 5) is 4.03. The molecule has 0 aliphatic carbocycles. The van der Waals surface area contributed by atoms with E-state index in [-0.39, 0.29) is 0 Å². The lowest BCUT2D eigenvalue weighted by molar-refractivity contribution is 0.979. The summed E-state index contributed by atoms with van der Waals surface area (Å²) >= 11 is 0. The normalized spacial score (nSPS) is 9.65. The van der Waals surface area contributed by atoms with E-state index >= 15 is 0 Å². The van der Waals surface area contributed by atoms with Gasteiger partial charge in [0.05, 0.1) is 0 Å². The quantitative estimate of drug-likeness (QED) is 0.859. The van der Waals surface area contributed by atoms with Crippen LogP contribution in [-0.2, 0) is 6.54 Å². The van der Waals surface area contributed by atoms with Crippen molar-refractivity contribution in [2.45, 2.75) is 13.5 Å². The first-order valence-corrected chi connectivity index (χ1v) is 5.17. The van der Waals surface area contributed by atoms with Crippen molar-refractivity contribution in [1.82, 2.24) is 15.2 Å². The van der Waals surface area contributed by atoms with Gasteiger partial charge >= 0.3 is 0 Å². The van der Waals surface area contributed by atoms with Gasteiger partial charge < -0.3 is 5.32 Å². The highest BCUT2D eigenvalue weighted by Crippen LogP contribution is 2.08. The number of hydrogen-bond acceptors (Lipinski definition) is 5. The van der Waals surface area contributed by atoms with Crippen LogP contribution in [0, 0.1) is 18.3 Å². The fraction of sp³-hybridized carbons (Fsp3) is 0.167. The van der Waals surface area contributed by atoms with Crippen molar-refractivity contribution in [2.24, 2.45) is 0 Å². The Morgan fingerprint density at radius 1 is 1.29 bits per heavy atom. The topological polar surface area (TPSA) is 74.5 Å². The van der Waals surface area contributed by atoms with Gasteiger partial charge in [-0.25, -0.2) is 0 Å². The van der Waals surface area contributed by atoms with Gasteiger partial charge in [0.25, 0.3) is 0 Å². The maximum atomic E-state index is 8.59. The monoisotopic (exact) mass is 225 g/mol. The van der Waals surface area contributed by atoms with E-state index in [1.165, 1.54) is 0 Å². The third kappa shape index (κ3) is 2.75. The van der Waals surface area contributed by atoms with Crippen LogP contribution < -0.4 is 5.32 Å². The molecule has 2 aromatic rings. The second kappa shape index (κ2) is 5.03. The van der Waals surface area contributed by atoms with Crippen LogP contribution in [0.15, 0.2) is 30.6 Å². The molecule has 0 aliphatic rings. The van der Waals surface area contributed by atoms with Gasteiger partial charge in [-0.1, -0.05) is 0 Å². The molecule has 1 N–H and O–H groups in total. The summed E-state index contributed by atoms with van der Waals surface area (Å²) in [6, 6.07) is 7.26. The van der Waals surface area contributed by atoms with Gasteiger partial charge in [-0.3, -0.25) is 4.98 Å². The molecule has 0 bridgehead atoms. The number of aromatic nitrogens is 3. The van der Waals surface area contributed by atoms with E-state index < -0.39 is 0 Å². The van der Waals surface area contributed by atoms with Crippen molar-refractivity contribution >= 4 is 5.82 Å². The maximum absolute atomic E-state index is 8.59. The summed E-state index contributed by atoms with van der Waals surface area (Å²) in [6.07, 6.45) is 3.58. The van der Waals surface area contributed by atoms with Gasteiger partial charge in [-0.15, -0.1) is 10.2 Å². The summed E-state index contributed by atoms with van der Waals surface area (Å²) < 4.78 is 0. The molecule has 0 spiro atoms. The molecule has 0 saturated carbocycles. The van der Waals surface area contributed by atoms with Crippen molar-refractivity contribution in [1.29, 1.82) is 5.26 Å². The van der Waals surface area contributed by atoms with Crippen LogP contribution >= 0.6 is 0 Å². The maximum Gasteiger partial charge on any atom is 0.163 e. The van der Waals surface area contributed by atoms with Gasteiger partial charge in [-0.05, 0) is 36.2 Å². The Hall–Kier alpha value is -2.48. The standard InChI is InChI=1S/C12H11N5/c1-9-7-14-5-4-10(9)8-15-12-3-2-11(6-13)16-17-12/h2-5,7H,8H2,1H3,(H,15,17). The van der Waals surface area contributed by atoms with E-state index in [0.717, 1.165) is 11.1 Å². The summed E-state index contributed by atoms with van der Waals surface area (Å²) in [5.74, 6) is 0.653. The van der Waals surface area contributed by atoms with E-state index in [1.54, 1.807) is 18.3 Å². The second-order valence-corrected chi connectivity index (χ2v) is 3.57. The number of hydrogen-bond donors (Lipinski definition) is 1. The number of aryl methyl sites for hydroxylation is 1. The first kappa shape index (κ1) is 11.0. The Morgan fingerprint density at radius 3 is 2.82 bits per heavy atom. The average Bonchev–Trinajstić information content (AvgIpc) is 2.38. The van der Waals surface area contributed by atoms with Crippen molar-refractivity contribution in [3.8, 4) is 6.07 Å². The van der Waals surface area contributed by atoms with Gasteiger partial charge in [0.2, 0.25) is 0 Å². The largest absolute Gasteiger partial charge is 0.364 e. The molecule has 0 aliphatic heterocycles. The first-order valence-electron chi connectivity index (χ1n) is 5.17. The number of nitriles is 1. The molecule has 0 fully saturated rings. The molecule has 2 rings (SSSR count). The van der Waals surface area contributed by atoms with Gasteiger partial charge in [0.15, 0.2) is 5.69 Å². The Balaban J connectivity index is 2.03. The minimum Gasteiger partial charge on any atom is -0.364 e. The summed E-state index contributed by atoms with van der Waals surface area (Å²) in [6.45, 7) is 2.67. The molecule has 0 amide bonds. The Kier molecular flexibility index (Phi) is 3.26. The Labute approximate surface area is 99.2 Å². The van der Waals surface area contributed by atoms with Crippen LogP contribution in [0.2, 0.25) is 0 Å². The molecular weight excluding hydrogens is 214 g/mol. The van der Waals surface area contributed by atoms with Gasteiger partial charge in [0.1, 0.15) is 11.9 Å². The molecular formula is C12H11N5. The predicted octanol–water partition coefficient (Wildman–Crippen LogP) is 1.66. The zero-order valence-corrected chi connectivity index (χ0v) is 9.38. The lowest BCUT2D eigenvalue weighted by Gasteiger charge is -2.06. The smallest absolute Gasteiger partial charge is 0.163 e. The summed E-state index contributed by atoms with van der Waals surface area (Å²) in [5.41, 5.74) is 2.60. The summed E-state index contributed by atoms with van der Waals surface area (Å²) in [5, 5.41) is 19.4. The van der Waals surface area contributed by atoms with Gasteiger partial charge in [-0.2, -0.15) is 5.26 Å². The van der Waals surface area contributed by atoms with E-state index in [1.807, 2.05) is 25.3 Å². The highest BCUT2D eigenvalue weighted by atomic mass is 15.2. The fourth-order valence-electron chi connectivity index (χ4n) is 1.37. The number of nitrogens with one attached hydrogen (secondary N) is 1. The lowest BCUT2D eigenvalue weighted by atomic mass is 10.1. The van der Waals surface area contributed by atoms with E-state index in [9.17, 15) is 0 Å². The first-order chi connectivity index (χ1) is 8.29. The van der Waals surface area contributed by atoms with Crippen LogP contribution in [-0.4, -0.2) is 15.2 Å². The molecule has 0 aromatic carbocycles. The molecule has 2 aromatic heterocycles. The number of rotatable bonds is 3. The number of anilines is 1. The minimum absolute atomic E-state index is 0.315. The molecule has 0 unspecified atom stereocenters. The zero-order chi connectivity index (χ0) is 12.1. The molecule has 2 heterocycles. The number of nitrogens with zero attached hydrogens (tertiary/aromatic N) is 4. The molecule has 84 valence electrons. The molecule has 0 saturated heterocycles. The summed E-state index contributed by atoms with van der Waals surface area (Å²) in [7, 11) is 0. The molecule has 0 radical (unpaired) electrons. The van der Waals surface area contributed by atoms with E-state index in [4.69, 9.17) is 5.26 Å². The fourth-order valence-corrected chi connectivity index (χ4v) is 1.37. The highest BCUT2D eigenvalue weighted by molar-refractivity contribution is 5.37.